The van der Waals surface area contributed by atoms with Crippen LogP contribution in [-0.2, 0) is 25.8 Å². The van der Waals surface area contributed by atoms with Gasteiger partial charge in [0.05, 0.1) is 0 Å². The molecule has 1 aliphatic rings. The largest absolute Gasteiger partial charge is 4.00 e. The smallest absolute Gasteiger partial charge is 0.689 e. The van der Waals surface area contributed by atoms with Gasteiger partial charge in [0.1, 0.15) is 0 Å². The van der Waals surface area contributed by atoms with Gasteiger partial charge in [-0.25, -0.2) is 0 Å². The molecule has 1 rings (SSSR count). The topological polar surface area (TPSA) is 42.3 Å². The van der Waals surface area contributed by atoms with Crippen molar-refractivity contribution in [2.45, 2.75) is 37.2 Å². The van der Waals surface area contributed by atoms with Gasteiger partial charge in [-0.05, 0) is 12.3 Å². The van der Waals surface area contributed by atoms with E-state index in [1.54, 1.807) is 28.2 Å². The fraction of sp³-hybridized carbons (Fsp3) is 0.923. The third-order valence-corrected chi connectivity index (χ3v) is 3.86. The Balaban J connectivity index is -0.000000122. The van der Waals surface area contributed by atoms with Crippen LogP contribution in [0.3, 0.4) is 0 Å². The number of hydrogen-bond donors (Lipinski definition) is 0. The molecule has 0 spiro atoms. The van der Waals surface area contributed by atoms with Gasteiger partial charge in [-0.2, -0.15) is 35.2 Å². The molecule has 19 heavy (non-hydrogen) atoms. The molecule has 3 nitrogen and oxygen atoms in total. The predicted octanol–water partition coefficient (Wildman–Crippen LogP) is 4.86. The van der Waals surface area contributed by atoms with Gasteiger partial charge in [0, 0.05) is 11.7 Å². The molecule has 0 radical (unpaired) electrons. The van der Waals surface area contributed by atoms with Gasteiger partial charge in [0.2, 0.25) is 0 Å². The van der Waals surface area contributed by atoms with Gasteiger partial charge < -0.3 is 23.3 Å². The van der Waals surface area contributed by atoms with Crippen LogP contribution in [0.15, 0.2) is 0 Å². The van der Waals surface area contributed by atoms with Crippen molar-refractivity contribution in [3.63, 3.8) is 0 Å². The van der Waals surface area contributed by atoms with Crippen LogP contribution in [-0.4, -0.2) is 46.9 Å². The van der Waals surface area contributed by atoms with Crippen molar-refractivity contribution in [1.29, 1.82) is 0 Å². The van der Waals surface area contributed by atoms with E-state index in [0.717, 1.165) is 10.7 Å². The number of rotatable bonds is 3. The molecule has 112 valence electrons. The average molecular weight is 499 g/mol. The SMILES string of the molecule is C[N-]B(C)C[C@@H]1CCCC1Br.C[N-]C.C[N-]C.[CH3-].[Hf+4]. The van der Waals surface area contributed by atoms with Gasteiger partial charge in [-0.3, -0.25) is 0 Å². The van der Waals surface area contributed by atoms with Crippen molar-refractivity contribution < 1.29 is 25.8 Å². The summed E-state index contributed by atoms with van der Waals surface area (Å²) >= 11 is 3.72. The second kappa shape index (κ2) is 21.6. The quantitative estimate of drug-likeness (QED) is 0.303. The fourth-order valence-electron chi connectivity index (χ4n) is 1.80. The van der Waals surface area contributed by atoms with Crippen LogP contribution in [0, 0.1) is 13.3 Å². The first-order valence-corrected chi connectivity index (χ1v) is 7.17. The van der Waals surface area contributed by atoms with Crippen LogP contribution in [0.4, 0.5) is 0 Å². The molecule has 0 amide bonds. The second-order valence-corrected chi connectivity index (χ2v) is 5.62. The molecule has 0 aromatic heterocycles. The van der Waals surface area contributed by atoms with Crippen molar-refractivity contribution in [2.75, 3.05) is 35.2 Å². The monoisotopic (exact) mass is 499 g/mol. The van der Waals surface area contributed by atoms with Gasteiger partial charge >= 0.3 is 25.8 Å². The zero-order valence-corrected chi connectivity index (χ0v) is 19.0. The Bertz CT molecular complexity index is 154. The van der Waals surface area contributed by atoms with E-state index in [4.69, 9.17) is 0 Å². The molecular weight excluding hydrogens is 467 g/mol. The molecular formula is C13H31BBrHfN3. The fourth-order valence-corrected chi connectivity index (χ4v) is 2.60. The van der Waals surface area contributed by atoms with Gasteiger partial charge in [0.15, 0.2) is 0 Å². The first kappa shape index (κ1) is 28.5. The molecule has 0 bridgehead atoms. The summed E-state index contributed by atoms with van der Waals surface area (Å²) in [6.45, 7) is 2.76. The molecule has 0 N–H and O–H groups in total. The van der Waals surface area contributed by atoms with Crippen LogP contribution >= 0.6 is 15.9 Å². The van der Waals surface area contributed by atoms with E-state index in [1.165, 1.54) is 25.6 Å². The van der Waals surface area contributed by atoms with Crippen LogP contribution < -0.4 is 0 Å². The molecule has 1 saturated carbocycles. The maximum atomic E-state index is 4.27. The number of nitrogens with zero attached hydrogens (tertiary/aromatic N) is 3. The molecule has 0 saturated heterocycles. The Labute approximate surface area is 149 Å². The summed E-state index contributed by atoms with van der Waals surface area (Å²) in [4.78, 5) is 0.770. The second-order valence-electron chi connectivity index (χ2n) is 4.44. The molecule has 0 heterocycles. The minimum Gasteiger partial charge on any atom is -0.689 e. The summed E-state index contributed by atoms with van der Waals surface area (Å²) in [5.74, 6) is 0.883. The Kier molecular flexibility index (Phi) is 32.3. The summed E-state index contributed by atoms with van der Waals surface area (Å²) < 4.78 is 0. The molecule has 1 aliphatic carbocycles. The molecule has 1 unspecified atom stereocenters. The maximum absolute atomic E-state index is 4.27. The summed E-state index contributed by atoms with van der Waals surface area (Å²) in [5, 5.41) is 11.3. The van der Waals surface area contributed by atoms with E-state index in [-0.39, 0.29) is 33.3 Å². The average Bonchev–Trinajstić information content (AvgIpc) is 2.66. The Hall–Kier alpha value is 1.30. The van der Waals surface area contributed by atoms with Crippen molar-refractivity contribution >= 4 is 22.8 Å². The molecule has 2 atom stereocenters. The first-order valence-electron chi connectivity index (χ1n) is 6.26. The third-order valence-electron chi connectivity index (χ3n) is 2.65. The number of hydrogen-bond acceptors (Lipinski definition) is 0. The van der Waals surface area contributed by atoms with E-state index >= 15 is 0 Å². The van der Waals surface area contributed by atoms with Gasteiger partial charge in [-0.1, -0.05) is 35.1 Å². The van der Waals surface area contributed by atoms with E-state index in [1.807, 2.05) is 7.05 Å². The molecule has 6 heteroatoms. The van der Waals surface area contributed by atoms with Gasteiger partial charge in [0.25, 0.3) is 0 Å². The van der Waals surface area contributed by atoms with Crippen molar-refractivity contribution in [3.8, 4) is 0 Å². The predicted molar refractivity (Wildman–Crippen MR) is 92.6 cm³/mol. The summed E-state index contributed by atoms with van der Waals surface area (Å²) in [5.41, 5.74) is 0. The first-order chi connectivity index (χ1) is 8.06. The summed E-state index contributed by atoms with van der Waals surface area (Å²) in [7, 11) is 8.92. The van der Waals surface area contributed by atoms with E-state index in [0.29, 0.717) is 6.85 Å². The standard InChI is InChI=1S/C8H16BBrN.2C2H6N.CH3.Hf/c1-9(11-2)6-7-4-3-5-8(7)10;2*1-3-2;;/h7-8H,3-6H2,1-2H3;2*1-2H3;1H3;/q4*-1;+4/t7-,8?;;;;/m0..../s1. The number of halogens is 1. The van der Waals surface area contributed by atoms with E-state index in [2.05, 4.69) is 38.6 Å². The zero-order chi connectivity index (χ0) is 13.7. The van der Waals surface area contributed by atoms with Crippen LogP contribution in [0.2, 0.25) is 13.1 Å². The van der Waals surface area contributed by atoms with Crippen LogP contribution in [0.1, 0.15) is 19.3 Å². The Morgan fingerprint density at radius 1 is 1.05 bits per heavy atom. The minimum atomic E-state index is 0. The van der Waals surface area contributed by atoms with E-state index < -0.39 is 0 Å². The van der Waals surface area contributed by atoms with E-state index in [9.17, 15) is 0 Å². The zero-order valence-electron chi connectivity index (χ0n) is 13.8. The summed E-state index contributed by atoms with van der Waals surface area (Å²) in [6.07, 6.45) is 5.43. The third kappa shape index (κ3) is 19.3. The Morgan fingerprint density at radius 3 is 1.74 bits per heavy atom. The van der Waals surface area contributed by atoms with Crippen molar-refractivity contribution in [2.24, 2.45) is 5.92 Å². The van der Waals surface area contributed by atoms with Gasteiger partial charge in [-0.15, -0.1) is 6.82 Å². The Morgan fingerprint density at radius 2 is 1.47 bits per heavy atom. The molecule has 0 aromatic rings. The normalized spacial score (nSPS) is 19.7. The number of alkyl halides is 1. The van der Waals surface area contributed by atoms with Crippen molar-refractivity contribution in [1.82, 2.24) is 0 Å². The molecule has 0 aromatic carbocycles. The van der Waals surface area contributed by atoms with Crippen LogP contribution in [0.25, 0.3) is 15.9 Å². The minimum absolute atomic E-state index is 0. The van der Waals surface area contributed by atoms with Crippen molar-refractivity contribution in [3.05, 3.63) is 23.3 Å². The maximum Gasteiger partial charge on any atom is 4.00 e. The molecule has 0 aliphatic heterocycles. The summed E-state index contributed by atoms with van der Waals surface area (Å²) in [6, 6.07) is 0. The van der Waals surface area contributed by atoms with Crippen LogP contribution in [0.5, 0.6) is 0 Å². The molecule has 1 fully saturated rings.